The van der Waals surface area contributed by atoms with Crippen molar-refractivity contribution in [3.8, 4) is 0 Å². The van der Waals surface area contributed by atoms with Crippen LogP contribution in [0.4, 0.5) is 11.4 Å². The highest BCUT2D eigenvalue weighted by Crippen LogP contribution is 2.31. The van der Waals surface area contributed by atoms with Gasteiger partial charge in [-0.2, -0.15) is 0 Å². The second-order valence-electron chi connectivity index (χ2n) is 5.15. The van der Waals surface area contributed by atoms with Gasteiger partial charge in [0, 0.05) is 29.5 Å². The van der Waals surface area contributed by atoms with Gasteiger partial charge in [0.05, 0.1) is 0 Å². The fraction of sp³-hybridized carbons (Fsp3) is 0.250. The molecule has 1 aliphatic rings. The predicted octanol–water partition coefficient (Wildman–Crippen LogP) is 3.79. The van der Waals surface area contributed by atoms with E-state index in [1.54, 1.807) is 0 Å². The predicted molar refractivity (Wildman–Crippen MR) is 81.8 cm³/mol. The molecule has 0 fully saturated rings. The number of anilines is 2. The van der Waals surface area contributed by atoms with Crippen LogP contribution in [0.5, 0.6) is 0 Å². The molecule has 0 atom stereocenters. The van der Waals surface area contributed by atoms with E-state index in [2.05, 4.69) is 30.0 Å². The maximum absolute atomic E-state index is 6.25. The van der Waals surface area contributed by atoms with Gasteiger partial charge >= 0.3 is 0 Å². The lowest BCUT2D eigenvalue weighted by Crippen LogP contribution is -2.19. The highest BCUT2D eigenvalue weighted by atomic mass is 35.5. The van der Waals surface area contributed by atoms with E-state index in [0.29, 0.717) is 5.69 Å². The number of halogens is 1. The minimum Gasteiger partial charge on any atom is -0.399 e. The summed E-state index contributed by atoms with van der Waals surface area (Å²) in [4.78, 5) is 2.38. The smallest absolute Gasteiger partial charge is 0.0476 e. The molecule has 1 aliphatic heterocycles. The Morgan fingerprint density at radius 3 is 2.84 bits per heavy atom. The molecule has 2 nitrogen and oxygen atoms in total. The molecule has 0 spiro atoms. The Labute approximate surface area is 118 Å². The highest BCUT2D eigenvalue weighted by molar-refractivity contribution is 6.31. The van der Waals surface area contributed by atoms with Gasteiger partial charge in [0.15, 0.2) is 0 Å². The summed E-state index contributed by atoms with van der Waals surface area (Å²) in [6, 6.07) is 12.4. The van der Waals surface area contributed by atoms with Crippen LogP contribution in [0.3, 0.4) is 0 Å². The number of fused-ring (bicyclic) bond motifs is 1. The molecular formula is C16H17ClN2. The monoisotopic (exact) mass is 272 g/mol. The average Bonchev–Trinajstić information content (AvgIpc) is 2.75. The molecule has 3 rings (SSSR count). The number of aryl methyl sites for hydroxylation is 1. The number of nitrogens with two attached hydrogens (primary N) is 1. The van der Waals surface area contributed by atoms with Crippen molar-refractivity contribution in [3.63, 3.8) is 0 Å². The number of hydrogen-bond acceptors (Lipinski definition) is 2. The summed E-state index contributed by atoms with van der Waals surface area (Å²) >= 11 is 6.25. The lowest BCUT2D eigenvalue weighted by atomic mass is 10.1. The lowest BCUT2D eigenvalue weighted by Gasteiger charge is -2.20. The third-order valence-electron chi connectivity index (χ3n) is 3.67. The standard InChI is InChI=1S/C16H17ClN2/c1-11-2-5-16-12(8-11)6-7-19(16)10-13-3-4-14(18)9-15(13)17/h2-5,8-9H,6-7,10,18H2,1H3. The van der Waals surface area contributed by atoms with Crippen LogP contribution < -0.4 is 10.6 Å². The average molecular weight is 273 g/mol. The summed E-state index contributed by atoms with van der Waals surface area (Å²) in [5, 5.41) is 0.751. The van der Waals surface area contributed by atoms with Crippen molar-refractivity contribution >= 4 is 23.0 Å². The zero-order chi connectivity index (χ0) is 13.4. The Hall–Kier alpha value is -1.67. The Kier molecular flexibility index (Phi) is 3.11. The van der Waals surface area contributed by atoms with E-state index in [1.807, 2.05) is 18.2 Å². The van der Waals surface area contributed by atoms with Crippen molar-refractivity contribution in [2.45, 2.75) is 19.9 Å². The molecule has 98 valence electrons. The van der Waals surface area contributed by atoms with Crippen molar-refractivity contribution in [1.29, 1.82) is 0 Å². The minimum absolute atomic E-state index is 0.714. The number of nitrogen functional groups attached to an aromatic ring is 1. The molecular weight excluding hydrogens is 256 g/mol. The van der Waals surface area contributed by atoms with Crippen molar-refractivity contribution < 1.29 is 0 Å². The third kappa shape index (κ3) is 2.41. The molecule has 0 amide bonds. The molecule has 19 heavy (non-hydrogen) atoms. The molecule has 0 aromatic heterocycles. The maximum Gasteiger partial charge on any atom is 0.0476 e. The van der Waals surface area contributed by atoms with Crippen molar-refractivity contribution in [2.75, 3.05) is 17.2 Å². The first-order valence-corrected chi connectivity index (χ1v) is 6.89. The number of nitrogens with zero attached hydrogens (tertiary/aromatic N) is 1. The van der Waals surface area contributed by atoms with Gasteiger partial charge < -0.3 is 10.6 Å². The zero-order valence-corrected chi connectivity index (χ0v) is 11.7. The third-order valence-corrected chi connectivity index (χ3v) is 4.02. The topological polar surface area (TPSA) is 29.3 Å². The molecule has 2 aromatic carbocycles. The first-order valence-electron chi connectivity index (χ1n) is 6.52. The molecule has 0 unspecified atom stereocenters. The zero-order valence-electron chi connectivity index (χ0n) is 11.0. The summed E-state index contributed by atoms with van der Waals surface area (Å²) in [5.41, 5.74) is 11.7. The van der Waals surface area contributed by atoms with E-state index in [-0.39, 0.29) is 0 Å². The van der Waals surface area contributed by atoms with E-state index in [9.17, 15) is 0 Å². The van der Waals surface area contributed by atoms with E-state index in [0.717, 1.165) is 30.1 Å². The van der Waals surface area contributed by atoms with Gasteiger partial charge in [-0.25, -0.2) is 0 Å². The molecule has 0 saturated carbocycles. The molecule has 0 aliphatic carbocycles. The Bertz CT molecular complexity index is 622. The summed E-state index contributed by atoms with van der Waals surface area (Å²) in [7, 11) is 0. The molecule has 0 radical (unpaired) electrons. The quantitative estimate of drug-likeness (QED) is 0.843. The van der Waals surface area contributed by atoms with E-state index in [4.69, 9.17) is 17.3 Å². The molecule has 0 bridgehead atoms. The summed E-state index contributed by atoms with van der Waals surface area (Å²) in [6.45, 7) is 4.04. The van der Waals surface area contributed by atoms with Gasteiger partial charge in [0.1, 0.15) is 0 Å². The number of hydrogen-bond donors (Lipinski definition) is 1. The SMILES string of the molecule is Cc1ccc2c(c1)CCN2Cc1ccc(N)cc1Cl. The van der Waals surface area contributed by atoms with Crippen LogP contribution in [0.1, 0.15) is 16.7 Å². The maximum atomic E-state index is 6.25. The molecule has 0 saturated heterocycles. The normalized spacial score (nSPS) is 13.7. The highest BCUT2D eigenvalue weighted by Gasteiger charge is 2.19. The van der Waals surface area contributed by atoms with Gasteiger partial charge in [-0.05, 0) is 42.7 Å². The van der Waals surface area contributed by atoms with Crippen LogP contribution in [0.2, 0.25) is 5.02 Å². The van der Waals surface area contributed by atoms with Gasteiger partial charge in [0.2, 0.25) is 0 Å². The van der Waals surface area contributed by atoms with Crippen molar-refractivity contribution in [3.05, 3.63) is 58.1 Å². The Balaban J connectivity index is 1.86. The lowest BCUT2D eigenvalue weighted by molar-refractivity contribution is 0.836. The van der Waals surface area contributed by atoms with Gasteiger partial charge in [0.25, 0.3) is 0 Å². The van der Waals surface area contributed by atoms with Gasteiger partial charge in [-0.15, -0.1) is 0 Å². The second-order valence-corrected chi connectivity index (χ2v) is 5.56. The summed E-state index contributed by atoms with van der Waals surface area (Å²) in [6.07, 6.45) is 1.11. The first-order chi connectivity index (χ1) is 9.13. The van der Waals surface area contributed by atoms with Crippen LogP contribution in [0.25, 0.3) is 0 Å². The van der Waals surface area contributed by atoms with Crippen LogP contribution >= 0.6 is 11.6 Å². The molecule has 2 aromatic rings. The van der Waals surface area contributed by atoms with Crippen LogP contribution in [-0.2, 0) is 13.0 Å². The van der Waals surface area contributed by atoms with Gasteiger partial charge in [-0.1, -0.05) is 35.4 Å². The van der Waals surface area contributed by atoms with E-state index < -0.39 is 0 Å². The second kappa shape index (κ2) is 4.78. The van der Waals surface area contributed by atoms with Crippen LogP contribution in [0, 0.1) is 6.92 Å². The fourth-order valence-corrected chi connectivity index (χ4v) is 2.91. The van der Waals surface area contributed by atoms with E-state index in [1.165, 1.54) is 16.8 Å². The Morgan fingerprint density at radius 1 is 1.21 bits per heavy atom. The van der Waals surface area contributed by atoms with Crippen molar-refractivity contribution in [1.82, 2.24) is 0 Å². The van der Waals surface area contributed by atoms with E-state index >= 15 is 0 Å². The number of rotatable bonds is 2. The Morgan fingerprint density at radius 2 is 2.05 bits per heavy atom. The van der Waals surface area contributed by atoms with Gasteiger partial charge in [-0.3, -0.25) is 0 Å². The van der Waals surface area contributed by atoms with Crippen LogP contribution in [-0.4, -0.2) is 6.54 Å². The molecule has 2 N–H and O–H groups in total. The fourth-order valence-electron chi connectivity index (χ4n) is 2.66. The minimum atomic E-state index is 0.714. The molecule has 1 heterocycles. The van der Waals surface area contributed by atoms with Crippen molar-refractivity contribution in [2.24, 2.45) is 0 Å². The largest absolute Gasteiger partial charge is 0.399 e. The first kappa shape index (κ1) is 12.4. The summed E-state index contributed by atoms with van der Waals surface area (Å²) in [5.74, 6) is 0. The van der Waals surface area contributed by atoms with Crippen LogP contribution in [0.15, 0.2) is 36.4 Å². The summed E-state index contributed by atoms with van der Waals surface area (Å²) < 4.78 is 0. The molecule has 3 heteroatoms. The number of benzene rings is 2.